The maximum absolute atomic E-state index is 9.76. The monoisotopic (exact) mass is 249 g/mol. The normalized spacial score (nSPS) is 12.1. The van der Waals surface area contributed by atoms with Crippen molar-refractivity contribution in [2.75, 3.05) is 32.5 Å². The number of ether oxygens (including phenoxy) is 1. The van der Waals surface area contributed by atoms with Gasteiger partial charge in [0.1, 0.15) is 18.5 Å². The summed E-state index contributed by atoms with van der Waals surface area (Å²) in [5.74, 6) is 0.683. The molecule has 0 spiro atoms. The topological polar surface area (TPSA) is 82.5 Å². The van der Waals surface area contributed by atoms with E-state index >= 15 is 0 Å². The van der Waals surface area contributed by atoms with E-state index in [2.05, 4.69) is 6.07 Å². The Morgan fingerprint density at radius 1 is 1.44 bits per heavy atom. The fourth-order valence-corrected chi connectivity index (χ4v) is 1.50. The van der Waals surface area contributed by atoms with E-state index < -0.39 is 6.10 Å². The van der Waals surface area contributed by atoms with Crippen molar-refractivity contribution in [2.24, 2.45) is 0 Å². The van der Waals surface area contributed by atoms with Crippen LogP contribution in [-0.2, 0) is 0 Å². The maximum Gasteiger partial charge on any atom is 0.119 e. The highest BCUT2D eigenvalue weighted by Gasteiger charge is 2.08. The molecule has 0 saturated carbocycles. The zero-order valence-corrected chi connectivity index (χ0v) is 10.5. The fraction of sp³-hybridized carbons (Fsp3) is 0.462. The smallest absolute Gasteiger partial charge is 0.119 e. The number of aliphatic hydroxyl groups excluding tert-OH is 1. The van der Waals surface area contributed by atoms with Gasteiger partial charge in [-0.2, -0.15) is 5.26 Å². The highest BCUT2D eigenvalue weighted by molar-refractivity contribution is 5.41. The van der Waals surface area contributed by atoms with E-state index in [0.29, 0.717) is 30.9 Å². The number of aliphatic hydroxyl groups is 1. The molecule has 18 heavy (non-hydrogen) atoms. The first-order valence-electron chi connectivity index (χ1n) is 5.83. The van der Waals surface area contributed by atoms with Gasteiger partial charge in [0.25, 0.3) is 0 Å². The van der Waals surface area contributed by atoms with Crippen molar-refractivity contribution in [3.05, 3.63) is 24.3 Å². The van der Waals surface area contributed by atoms with Gasteiger partial charge in [0.05, 0.1) is 6.07 Å². The Labute approximate surface area is 107 Å². The van der Waals surface area contributed by atoms with Crippen molar-refractivity contribution in [3.8, 4) is 11.8 Å². The van der Waals surface area contributed by atoms with E-state index in [1.54, 1.807) is 24.3 Å². The van der Waals surface area contributed by atoms with E-state index in [-0.39, 0.29) is 6.61 Å². The predicted octanol–water partition coefficient (Wildman–Crippen LogP) is 0.854. The average molecular weight is 249 g/mol. The van der Waals surface area contributed by atoms with Crippen LogP contribution in [0.4, 0.5) is 5.69 Å². The molecule has 0 saturated heterocycles. The summed E-state index contributed by atoms with van der Waals surface area (Å²) >= 11 is 0. The molecule has 1 aromatic rings. The Kier molecular flexibility index (Phi) is 5.98. The summed E-state index contributed by atoms with van der Waals surface area (Å²) in [4.78, 5) is 1.90. The molecule has 0 aliphatic heterocycles. The Morgan fingerprint density at radius 2 is 2.11 bits per heavy atom. The molecule has 0 bridgehead atoms. The molecule has 0 aromatic heterocycles. The molecular formula is C13H19N3O2. The van der Waals surface area contributed by atoms with Crippen LogP contribution in [0.5, 0.6) is 5.75 Å². The van der Waals surface area contributed by atoms with Crippen LogP contribution in [0.1, 0.15) is 6.42 Å². The van der Waals surface area contributed by atoms with Gasteiger partial charge in [-0.1, -0.05) is 0 Å². The highest BCUT2D eigenvalue weighted by Crippen LogP contribution is 2.13. The molecule has 0 aliphatic rings. The van der Waals surface area contributed by atoms with Crippen LogP contribution >= 0.6 is 0 Å². The molecule has 5 heteroatoms. The van der Waals surface area contributed by atoms with Crippen molar-refractivity contribution in [3.63, 3.8) is 0 Å². The van der Waals surface area contributed by atoms with E-state index in [0.717, 1.165) is 0 Å². The lowest BCUT2D eigenvalue weighted by atomic mass is 10.3. The molecule has 1 aromatic carbocycles. The molecule has 3 N–H and O–H groups in total. The van der Waals surface area contributed by atoms with Crippen LogP contribution in [0, 0.1) is 11.3 Å². The number of hydrogen-bond donors (Lipinski definition) is 2. The van der Waals surface area contributed by atoms with Gasteiger partial charge in [-0.3, -0.25) is 0 Å². The Balaban J connectivity index is 2.26. The number of nitrogen functional groups attached to an aromatic ring is 1. The number of nitriles is 1. The van der Waals surface area contributed by atoms with Crippen LogP contribution in [-0.4, -0.2) is 42.9 Å². The maximum atomic E-state index is 9.76. The first-order chi connectivity index (χ1) is 8.61. The quantitative estimate of drug-likeness (QED) is 0.700. The third-order valence-corrected chi connectivity index (χ3v) is 2.45. The summed E-state index contributed by atoms with van der Waals surface area (Å²) in [6, 6.07) is 9.10. The number of rotatable bonds is 7. The second-order valence-electron chi connectivity index (χ2n) is 4.20. The Morgan fingerprint density at radius 3 is 2.72 bits per heavy atom. The molecule has 0 heterocycles. The summed E-state index contributed by atoms with van der Waals surface area (Å²) < 4.78 is 5.43. The van der Waals surface area contributed by atoms with Crippen molar-refractivity contribution in [1.82, 2.24) is 4.90 Å². The number of nitrogens with two attached hydrogens (primary N) is 1. The summed E-state index contributed by atoms with van der Waals surface area (Å²) in [6.07, 6.45) is -0.117. The zero-order valence-electron chi connectivity index (χ0n) is 10.5. The van der Waals surface area contributed by atoms with Gasteiger partial charge in [-0.05, 0) is 31.3 Å². The van der Waals surface area contributed by atoms with Gasteiger partial charge in [0.2, 0.25) is 0 Å². The summed E-state index contributed by atoms with van der Waals surface area (Å²) in [5.41, 5.74) is 6.24. The number of hydrogen-bond acceptors (Lipinski definition) is 5. The van der Waals surface area contributed by atoms with E-state index in [4.69, 9.17) is 15.7 Å². The molecule has 5 nitrogen and oxygen atoms in total. The van der Waals surface area contributed by atoms with Crippen molar-refractivity contribution in [2.45, 2.75) is 12.5 Å². The highest BCUT2D eigenvalue weighted by atomic mass is 16.5. The SMILES string of the molecule is CN(CCC#N)CC(O)COc1ccc(N)cc1. The molecular weight excluding hydrogens is 230 g/mol. The van der Waals surface area contributed by atoms with Gasteiger partial charge >= 0.3 is 0 Å². The fourth-order valence-electron chi connectivity index (χ4n) is 1.50. The average Bonchev–Trinajstić information content (AvgIpc) is 2.35. The van der Waals surface area contributed by atoms with Gasteiger partial charge in [-0.25, -0.2) is 0 Å². The number of likely N-dealkylation sites (N-methyl/N-ethyl adjacent to an activating group) is 1. The second kappa shape index (κ2) is 7.54. The summed E-state index contributed by atoms with van der Waals surface area (Å²) in [5, 5.41) is 18.2. The lowest BCUT2D eigenvalue weighted by molar-refractivity contribution is 0.0770. The Bertz CT molecular complexity index is 386. The molecule has 1 atom stereocenters. The minimum atomic E-state index is -0.578. The van der Waals surface area contributed by atoms with Gasteiger partial charge < -0.3 is 20.5 Å². The lowest BCUT2D eigenvalue weighted by Crippen LogP contribution is -2.33. The van der Waals surface area contributed by atoms with E-state index in [9.17, 15) is 5.11 Å². The first kappa shape index (κ1) is 14.3. The van der Waals surface area contributed by atoms with Crippen LogP contribution < -0.4 is 10.5 Å². The van der Waals surface area contributed by atoms with Gasteiger partial charge in [0.15, 0.2) is 0 Å². The molecule has 0 radical (unpaired) electrons. The van der Waals surface area contributed by atoms with Gasteiger partial charge in [0, 0.05) is 25.2 Å². The minimum absolute atomic E-state index is 0.223. The Hall–Kier alpha value is -1.77. The summed E-state index contributed by atoms with van der Waals surface area (Å²) in [6.45, 7) is 1.35. The van der Waals surface area contributed by atoms with Crippen LogP contribution in [0.25, 0.3) is 0 Å². The first-order valence-corrected chi connectivity index (χ1v) is 5.83. The van der Waals surface area contributed by atoms with Crippen LogP contribution in [0.2, 0.25) is 0 Å². The van der Waals surface area contributed by atoms with Crippen LogP contribution in [0.3, 0.4) is 0 Å². The molecule has 1 rings (SSSR count). The molecule has 98 valence electrons. The molecule has 0 amide bonds. The zero-order chi connectivity index (χ0) is 13.4. The number of anilines is 1. The number of nitrogens with zero attached hydrogens (tertiary/aromatic N) is 2. The third kappa shape index (κ3) is 5.53. The number of benzene rings is 1. The standard InChI is InChI=1S/C13H19N3O2/c1-16(8-2-7-14)9-12(17)10-18-13-5-3-11(15)4-6-13/h3-6,12,17H,2,8-10,15H2,1H3. The molecule has 1 unspecified atom stereocenters. The molecule has 0 fully saturated rings. The van der Waals surface area contributed by atoms with Gasteiger partial charge in [-0.15, -0.1) is 0 Å². The predicted molar refractivity (Wildman–Crippen MR) is 70.1 cm³/mol. The van der Waals surface area contributed by atoms with E-state index in [1.807, 2.05) is 11.9 Å². The van der Waals surface area contributed by atoms with Crippen molar-refractivity contribution in [1.29, 1.82) is 5.26 Å². The third-order valence-electron chi connectivity index (χ3n) is 2.45. The van der Waals surface area contributed by atoms with E-state index in [1.165, 1.54) is 0 Å². The second-order valence-corrected chi connectivity index (χ2v) is 4.20. The lowest BCUT2D eigenvalue weighted by Gasteiger charge is -2.19. The van der Waals surface area contributed by atoms with Crippen LogP contribution in [0.15, 0.2) is 24.3 Å². The summed E-state index contributed by atoms with van der Waals surface area (Å²) in [7, 11) is 1.86. The molecule has 0 aliphatic carbocycles. The van der Waals surface area contributed by atoms with Crippen molar-refractivity contribution < 1.29 is 9.84 Å². The largest absolute Gasteiger partial charge is 0.491 e. The van der Waals surface area contributed by atoms with Crippen molar-refractivity contribution >= 4 is 5.69 Å². The minimum Gasteiger partial charge on any atom is -0.491 e.